The molecule has 1 heterocycles. The number of nitrogens with two attached hydrogens (primary N) is 1. The largest absolute Gasteiger partial charge is 0.488 e. The van der Waals surface area contributed by atoms with E-state index in [9.17, 15) is 0 Å². The molecule has 0 radical (unpaired) electrons. The van der Waals surface area contributed by atoms with Gasteiger partial charge in [-0.15, -0.1) is 11.3 Å². The molecule has 0 aliphatic heterocycles. The molecule has 0 amide bonds. The van der Waals surface area contributed by atoms with Crippen LogP contribution in [0, 0.1) is 6.92 Å². The zero-order valence-electron chi connectivity index (χ0n) is 12.8. The first-order chi connectivity index (χ1) is 9.99. The maximum Gasteiger partial charge on any atom is 0.126 e. The molecule has 2 rings (SSSR count). The first-order valence-corrected chi connectivity index (χ1v) is 8.85. The van der Waals surface area contributed by atoms with Crippen LogP contribution < -0.4 is 10.5 Å². The quantitative estimate of drug-likeness (QED) is 0.791. The van der Waals surface area contributed by atoms with E-state index in [1.807, 2.05) is 18.3 Å². The van der Waals surface area contributed by atoms with Crippen molar-refractivity contribution in [3.8, 4) is 5.75 Å². The summed E-state index contributed by atoms with van der Waals surface area (Å²) >= 11 is 5.37. The monoisotopic (exact) mass is 367 g/mol. The Morgan fingerprint density at radius 3 is 2.62 bits per heavy atom. The molecule has 0 bridgehead atoms. The Morgan fingerprint density at radius 1 is 1.29 bits per heavy atom. The van der Waals surface area contributed by atoms with Gasteiger partial charge in [-0.1, -0.05) is 22.9 Å². The van der Waals surface area contributed by atoms with E-state index >= 15 is 0 Å². The van der Waals surface area contributed by atoms with Gasteiger partial charge in [0.2, 0.25) is 0 Å². The van der Waals surface area contributed by atoms with Crippen LogP contribution in [0.1, 0.15) is 34.7 Å². The fourth-order valence-electron chi connectivity index (χ4n) is 2.34. The summed E-state index contributed by atoms with van der Waals surface area (Å²) in [6, 6.07) is 8.65. The third kappa shape index (κ3) is 4.56. The Morgan fingerprint density at radius 2 is 2.00 bits per heavy atom. The van der Waals surface area contributed by atoms with E-state index < -0.39 is 0 Å². The lowest BCUT2D eigenvalue weighted by molar-refractivity contribution is 0.303. The molecule has 2 nitrogen and oxygen atoms in total. The molecule has 0 aliphatic carbocycles. The van der Waals surface area contributed by atoms with E-state index in [4.69, 9.17) is 10.5 Å². The molecule has 2 aromatic rings. The molecule has 4 heteroatoms. The molecule has 1 aromatic heterocycles. The third-order valence-corrected chi connectivity index (χ3v) is 4.94. The van der Waals surface area contributed by atoms with Crippen LogP contribution in [0.3, 0.4) is 0 Å². The standard InChI is InChI=1S/C17H22BrNOS/c1-4-15-5-6-16(21-15)10-20-17-11(2)7-14(18)9-13(17)8-12(3)19/h5-7,9,12H,4,8,10,19H2,1-3H3. The predicted molar refractivity (Wildman–Crippen MR) is 94.3 cm³/mol. The molecule has 0 aliphatic rings. The molecule has 1 unspecified atom stereocenters. The zero-order chi connectivity index (χ0) is 15.4. The number of hydrogen-bond donors (Lipinski definition) is 1. The fraction of sp³-hybridized carbons (Fsp3) is 0.412. The number of aryl methyl sites for hydroxylation is 2. The van der Waals surface area contributed by atoms with Crippen molar-refractivity contribution in [2.75, 3.05) is 0 Å². The van der Waals surface area contributed by atoms with Gasteiger partial charge in [-0.25, -0.2) is 0 Å². The van der Waals surface area contributed by atoms with Gasteiger partial charge in [0.15, 0.2) is 0 Å². The Kier molecular flexibility index (Phi) is 5.85. The van der Waals surface area contributed by atoms with Crippen molar-refractivity contribution in [3.63, 3.8) is 0 Å². The molecular weight excluding hydrogens is 346 g/mol. The van der Waals surface area contributed by atoms with Crippen LogP contribution in [-0.2, 0) is 19.4 Å². The highest BCUT2D eigenvalue weighted by Crippen LogP contribution is 2.30. The van der Waals surface area contributed by atoms with Gasteiger partial charge in [0, 0.05) is 20.3 Å². The zero-order valence-corrected chi connectivity index (χ0v) is 15.2. The Bertz CT molecular complexity index is 607. The van der Waals surface area contributed by atoms with Crippen molar-refractivity contribution < 1.29 is 4.74 Å². The average Bonchev–Trinajstić information content (AvgIpc) is 2.84. The number of benzene rings is 1. The van der Waals surface area contributed by atoms with E-state index in [0.29, 0.717) is 6.61 Å². The number of halogens is 1. The predicted octanol–water partition coefficient (Wildman–Crippen LogP) is 4.85. The molecule has 0 saturated heterocycles. The van der Waals surface area contributed by atoms with E-state index in [2.05, 4.69) is 54.0 Å². The molecule has 114 valence electrons. The highest BCUT2D eigenvalue weighted by molar-refractivity contribution is 9.10. The van der Waals surface area contributed by atoms with Gasteiger partial charge in [-0.3, -0.25) is 0 Å². The van der Waals surface area contributed by atoms with Gasteiger partial charge in [-0.05, 0) is 62.1 Å². The van der Waals surface area contributed by atoms with Gasteiger partial charge >= 0.3 is 0 Å². The smallest absolute Gasteiger partial charge is 0.126 e. The molecule has 0 spiro atoms. The summed E-state index contributed by atoms with van der Waals surface area (Å²) < 4.78 is 7.18. The van der Waals surface area contributed by atoms with Crippen molar-refractivity contribution in [1.29, 1.82) is 0 Å². The molecule has 0 fully saturated rings. The molecule has 2 N–H and O–H groups in total. The Balaban J connectivity index is 2.17. The Hall–Kier alpha value is -0.840. The van der Waals surface area contributed by atoms with Crippen molar-refractivity contribution in [3.05, 3.63) is 49.6 Å². The second kappa shape index (κ2) is 7.43. The lowest BCUT2D eigenvalue weighted by atomic mass is 10.0. The van der Waals surface area contributed by atoms with Crippen LogP contribution in [0.5, 0.6) is 5.75 Å². The van der Waals surface area contributed by atoms with Crippen molar-refractivity contribution in [2.24, 2.45) is 5.73 Å². The van der Waals surface area contributed by atoms with Crippen LogP contribution in [0.4, 0.5) is 0 Å². The highest BCUT2D eigenvalue weighted by atomic mass is 79.9. The first-order valence-electron chi connectivity index (χ1n) is 7.24. The van der Waals surface area contributed by atoms with Crippen LogP contribution in [0.2, 0.25) is 0 Å². The van der Waals surface area contributed by atoms with Gasteiger partial charge in [0.05, 0.1) is 0 Å². The minimum Gasteiger partial charge on any atom is -0.488 e. The SMILES string of the molecule is CCc1ccc(COc2c(C)cc(Br)cc2CC(C)N)s1. The fourth-order valence-corrected chi connectivity index (χ4v) is 3.83. The van der Waals surface area contributed by atoms with Crippen LogP contribution >= 0.6 is 27.3 Å². The number of rotatable bonds is 6. The second-order valence-corrected chi connectivity index (χ2v) is 7.57. The number of hydrogen-bond acceptors (Lipinski definition) is 3. The van der Waals surface area contributed by atoms with Crippen LogP contribution in [0.15, 0.2) is 28.7 Å². The average molecular weight is 368 g/mol. The first kappa shape index (κ1) is 16.5. The lowest BCUT2D eigenvalue weighted by Gasteiger charge is -2.16. The second-order valence-electron chi connectivity index (χ2n) is 5.40. The van der Waals surface area contributed by atoms with Crippen LogP contribution in [-0.4, -0.2) is 6.04 Å². The van der Waals surface area contributed by atoms with Gasteiger partial charge < -0.3 is 10.5 Å². The Labute approximate surface area is 139 Å². The summed E-state index contributed by atoms with van der Waals surface area (Å²) in [6.45, 7) is 6.90. The van der Waals surface area contributed by atoms with Crippen LogP contribution in [0.25, 0.3) is 0 Å². The minimum atomic E-state index is 0.120. The summed E-state index contributed by atoms with van der Waals surface area (Å²) in [5.74, 6) is 0.974. The van der Waals surface area contributed by atoms with E-state index in [0.717, 1.165) is 28.6 Å². The third-order valence-electron chi connectivity index (χ3n) is 3.28. The van der Waals surface area contributed by atoms with Gasteiger partial charge in [0.25, 0.3) is 0 Å². The topological polar surface area (TPSA) is 35.2 Å². The summed E-state index contributed by atoms with van der Waals surface area (Å²) in [5.41, 5.74) is 8.27. The normalized spacial score (nSPS) is 12.4. The lowest BCUT2D eigenvalue weighted by Crippen LogP contribution is -2.18. The summed E-state index contributed by atoms with van der Waals surface area (Å²) in [5, 5.41) is 0. The number of thiophene rings is 1. The molecule has 0 saturated carbocycles. The minimum absolute atomic E-state index is 0.120. The summed E-state index contributed by atoms with van der Waals surface area (Å²) in [7, 11) is 0. The van der Waals surface area contributed by atoms with Crippen molar-refractivity contribution >= 4 is 27.3 Å². The van der Waals surface area contributed by atoms with E-state index in [1.165, 1.54) is 15.3 Å². The maximum absolute atomic E-state index is 6.10. The van der Waals surface area contributed by atoms with Crippen molar-refractivity contribution in [1.82, 2.24) is 0 Å². The summed E-state index contributed by atoms with van der Waals surface area (Å²) in [4.78, 5) is 2.66. The molecule has 1 aromatic carbocycles. The molecular formula is C17H22BrNOS. The molecule has 1 atom stereocenters. The van der Waals surface area contributed by atoms with Crippen molar-refractivity contribution in [2.45, 2.75) is 46.3 Å². The van der Waals surface area contributed by atoms with Gasteiger partial charge in [0.1, 0.15) is 12.4 Å². The summed E-state index contributed by atoms with van der Waals surface area (Å²) in [6.07, 6.45) is 1.90. The highest BCUT2D eigenvalue weighted by Gasteiger charge is 2.11. The van der Waals surface area contributed by atoms with E-state index in [1.54, 1.807) is 0 Å². The van der Waals surface area contributed by atoms with E-state index in [-0.39, 0.29) is 6.04 Å². The molecule has 21 heavy (non-hydrogen) atoms. The van der Waals surface area contributed by atoms with Gasteiger partial charge in [-0.2, -0.15) is 0 Å². The number of ether oxygens (including phenoxy) is 1. The maximum atomic E-state index is 6.10.